The Hall–Kier alpha value is -0.660. The number of aromatic nitrogens is 2. The lowest BCUT2D eigenvalue weighted by atomic mass is 10.1. The van der Waals surface area contributed by atoms with Crippen LogP contribution in [0.1, 0.15) is 20.3 Å². The standard InChI is InChI=1S/C10H17N3O2S2/c1-4-7(2)8(14)11-9-12-13-10(17-9)16-6-5-15-3/h7H,4-6H2,1-3H3,(H,11,12,14)/t7-/m1/s1. The average Bonchev–Trinajstić information content (AvgIpc) is 2.76. The molecule has 0 spiro atoms. The van der Waals surface area contributed by atoms with Gasteiger partial charge in [-0.05, 0) is 6.42 Å². The molecular formula is C10H17N3O2S2. The summed E-state index contributed by atoms with van der Waals surface area (Å²) in [6.45, 7) is 4.56. The Morgan fingerprint density at radius 2 is 2.35 bits per heavy atom. The van der Waals surface area contributed by atoms with Crippen molar-refractivity contribution in [2.45, 2.75) is 24.6 Å². The fraction of sp³-hybridized carbons (Fsp3) is 0.700. The number of thioether (sulfide) groups is 1. The maximum Gasteiger partial charge on any atom is 0.229 e. The van der Waals surface area contributed by atoms with E-state index in [0.717, 1.165) is 16.5 Å². The van der Waals surface area contributed by atoms with Crippen molar-refractivity contribution < 1.29 is 9.53 Å². The van der Waals surface area contributed by atoms with Gasteiger partial charge in [0, 0.05) is 18.8 Å². The zero-order chi connectivity index (χ0) is 12.7. The highest BCUT2D eigenvalue weighted by molar-refractivity contribution is 8.01. The Morgan fingerprint density at radius 3 is 3.00 bits per heavy atom. The van der Waals surface area contributed by atoms with Crippen LogP contribution in [0.2, 0.25) is 0 Å². The molecule has 0 unspecified atom stereocenters. The first-order valence-electron chi connectivity index (χ1n) is 5.43. The van der Waals surface area contributed by atoms with Gasteiger partial charge in [-0.1, -0.05) is 36.9 Å². The van der Waals surface area contributed by atoms with Crippen LogP contribution in [0, 0.1) is 5.92 Å². The molecule has 0 aliphatic heterocycles. The number of nitrogens with zero attached hydrogens (tertiary/aromatic N) is 2. The molecule has 0 radical (unpaired) electrons. The lowest BCUT2D eigenvalue weighted by molar-refractivity contribution is -0.119. The van der Waals surface area contributed by atoms with Crippen LogP contribution in [-0.2, 0) is 9.53 Å². The van der Waals surface area contributed by atoms with E-state index in [1.165, 1.54) is 11.3 Å². The topological polar surface area (TPSA) is 64.1 Å². The lowest BCUT2D eigenvalue weighted by Gasteiger charge is -2.05. The summed E-state index contributed by atoms with van der Waals surface area (Å²) in [5, 5.41) is 11.2. The molecule has 1 rings (SSSR count). The summed E-state index contributed by atoms with van der Waals surface area (Å²) in [5.74, 6) is 0.838. The molecule has 1 amide bonds. The molecule has 1 heterocycles. The van der Waals surface area contributed by atoms with Crippen LogP contribution in [0.4, 0.5) is 5.13 Å². The second kappa shape index (κ2) is 7.62. The monoisotopic (exact) mass is 275 g/mol. The summed E-state index contributed by atoms with van der Waals surface area (Å²) in [7, 11) is 1.67. The summed E-state index contributed by atoms with van der Waals surface area (Å²) in [4.78, 5) is 11.6. The highest BCUT2D eigenvalue weighted by Crippen LogP contribution is 2.25. The summed E-state index contributed by atoms with van der Waals surface area (Å²) in [6, 6.07) is 0. The largest absolute Gasteiger partial charge is 0.384 e. The van der Waals surface area contributed by atoms with E-state index in [1.807, 2.05) is 13.8 Å². The van der Waals surface area contributed by atoms with Gasteiger partial charge < -0.3 is 10.1 Å². The van der Waals surface area contributed by atoms with Gasteiger partial charge in [0.05, 0.1) is 6.61 Å². The quantitative estimate of drug-likeness (QED) is 0.470. The fourth-order valence-corrected chi connectivity index (χ4v) is 2.67. The van der Waals surface area contributed by atoms with E-state index in [-0.39, 0.29) is 11.8 Å². The summed E-state index contributed by atoms with van der Waals surface area (Å²) in [5.41, 5.74) is 0. The third-order valence-electron chi connectivity index (χ3n) is 2.21. The Kier molecular flexibility index (Phi) is 6.46. The predicted molar refractivity (Wildman–Crippen MR) is 70.6 cm³/mol. The Morgan fingerprint density at radius 1 is 1.59 bits per heavy atom. The average molecular weight is 275 g/mol. The molecular weight excluding hydrogens is 258 g/mol. The molecule has 0 aliphatic rings. The van der Waals surface area contributed by atoms with Gasteiger partial charge in [0.2, 0.25) is 11.0 Å². The first-order valence-corrected chi connectivity index (χ1v) is 7.23. The highest BCUT2D eigenvalue weighted by atomic mass is 32.2. The molecule has 5 nitrogen and oxygen atoms in total. The van der Waals surface area contributed by atoms with Crippen molar-refractivity contribution in [3.8, 4) is 0 Å². The molecule has 7 heteroatoms. The molecule has 0 bridgehead atoms. The van der Waals surface area contributed by atoms with Crippen molar-refractivity contribution in [2.24, 2.45) is 5.92 Å². The second-order valence-electron chi connectivity index (χ2n) is 3.51. The van der Waals surface area contributed by atoms with Gasteiger partial charge in [-0.3, -0.25) is 4.79 Å². The van der Waals surface area contributed by atoms with E-state index in [2.05, 4.69) is 15.5 Å². The third-order valence-corrected chi connectivity index (χ3v) is 4.15. The smallest absolute Gasteiger partial charge is 0.229 e. The predicted octanol–water partition coefficient (Wildman–Crippen LogP) is 2.26. The molecule has 1 aromatic heterocycles. The first-order chi connectivity index (χ1) is 8.17. The molecule has 0 fully saturated rings. The number of hydrogen-bond acceptors (Lipinski definition) is 6. The number of carbonyl (C=O) groups is 1. The van der Waals surface area contributed by atoms with E-state index in [0.29, 0.717) is 11.7 Å². The van der Waals surface area contributed by atoms with Gasteiger partial charge in [0.25, 0.3) is 0 Å². The SMILES string of the molecule is CC[C@@H](C)C(=O)Nc1nnc(SCCOC)s1. The molecule has 0 saturated heterocycles. The van der Waals surface area contributed by atoms with Crippen molar-refractivity contribution in [1.82, 2.24) is 10.2 Å². The summed E-state index contributed by atoms with van der Waals surface area (Å²) in [6.07, 6.45) is 0.820. The van der Waals surface area contributed by atoms with Crippen molar-refractivity contribution >= 4 is 34.1 Å². The molecule has 1 atom stereocenters. The first kappa shape index (κ1) is 14.4. The number of anilines is 1. The van der Waals surface area contributed by atoms with Crippen LogP contribution in [0.5, 0.6) is 0 Å². The lowest BCUT2D eigenvalue weighted by Crippen LogP contribution is -2.19. The van der Waals surface area contributed by atoms with Gasteiger partial charge in [-0.25, -0.2) is 0 Å². The number of hydrogen-bond donors (Lipinski definition) is 1. The molecule has 96 valence electrons. The van der Waals surface area contributed by atoms with Crippen LogP contribution in [0.25, 0.3) is 0 Å². The highest BCUT2D eigenvalue weighted by Gasteiger charge is 2.13. The maximum atomic E-state index is 11.6. The molecule has 0 aromatic carbocycles. The zero-order valence-corrected chi connectivity index (χ0v) is 11.9. The van der Waals surface area contributed by atoms with Gasteiger partial charge >= 0.3 is 0 Å². The number of amides is 1. The van der Waals surface area contributed by atoms with Gasteiger partial charge in [-0.2, -0.15) is 0 Å². The van der Waals surface area contributed by atoms with Gasteiger partial charge in [-0.15, -0.1) is 10.2 Å². The zero-order valence-electron chi connectivity index (χ0n) is 10.2. The number of rotatable bonds is 7. The van der Waals surface area contributed by atoms with Crippen LogP contribution in [0.15, 0.2) is 4.34 Å². The van der Waals surface area contributed by atoms with Crippen molar-refractivity contribution in [3.63, 3.8) is 0 Å². The van der Waals surface area contributed by atoms with E-state index >= 15 is 0 Å². The Bertz CT molecular complexity index is 357. The van der Waals surface area contributed by atoms with E-state index in [1.54, 1.807) is 18.9 Å². The van der Waals surface area contributed by atoms with Crippen LogP contribution in [-0.4, -0.2) is 35.6 Å². The fourth-order valence-electron chi connectivity index (χ4n) is 0.945. The minimum absolute atomic E-state index is 0.00269. The van der Waals surface area contributed by atoms with Crippen LogP contribution in [0.3, 0.4) is 0 Å². The maximum absolute atomic E-state index is 11.6. The van der Waals surface area contributed by atoms with E-state index in [4.69, 9.17) is 4.74 Å². The summed E-state index contributed by atoms with van der Waals surface area (Å²) < 4.78 is 5.80. The molecule has 1 aromatic rings. The van der Waals surface area contributed by atoms with Gasteiger partial charge in [0.15, 0.2) is 4.34 Å². The number of methoxy groups -OCH3 is 1. The number of nitrogens with one attached hydrogen (secondary N) is 1. The minimum Gasteiger partial charge on any atom is -0.384 e. The molecule has 1 N–H and O–H groups in total. The van der Waals surface area contributed by atoms with Crippen molar-refractivity contribution in [1.29, 1.82) is 0 Å². The number of ether oxygens (including phenoxy) is 1. The Balaban J connectivity index is 2.42. The van der Waals surface area contributed by atoms with Gasteiger partial charge in [0.1, 0.15) is 0 Å². The second-order valence-corrected chi connectivity index (χ2v) is 5.83. The minimum atomic E-state index is -0.00269. The van der Waals surface area contributed by atoms with Crippen molar-refractivity contribution in [2.75, 3.05) is 24.8 Å². The third kappa shape index (κ3) is 5.01. The molecule has 17 heavy (non-hydrogen) atoms. The van der Waals surface area contributed by atoms with E-state index in [9.17, 15) is 4.79 Å². The van der Waals surface area contributed by atoms with Crippen LogP contribution >= 0.6 is 23.1 Å². The van der Waals surface area contributed by atoms with E-state index < -0.39 is 0 Å². The van der Waals surface area contributed by atoms with Crippen LogP contribution < -0.4 is 5.32 Å². The molecule has 0 aliphatic carbocycles. The molecule has 0 saturated carbocycles. The van der Waals surface area contributed by atoms with Crippen molar-refractivity contribution in [3.05, 3.63) is 0 Å². The Labute approximate surface area is 109 Å². The normalized spacial score (nSPS) is 12.4. The summed E-state index contributed by atoms with van der Waals surface area (Å²) >= 11 is 2.97. The number of carbonyl (C=O) groups excluding carboxylic acids is 1.